The molecule has 0 aliphatic rings. The third-order valence-corrected chi connectivity index (χ3v) is 5.02. The van der Waals surface area contributed by atoms with Crippen molar-refractivity contribution in [1.29, 1.82) is 0 Å². The van der Waals surface area contributed by atoms with Gasteiger partial charge >= 0.3 is 0 Å². The highest BCUT2D eigenvalue weighted by Crippen LogP contribution is 2.31. The van der Waals surface area contributed by atoms with E-state index in [0.29, 0.717) is 6.54 Å². The molecule has 3 nitrogen and oxygen atoms in total. The minimum atomic E-state index is -0.196. The molecule has 0 saturated carbocycles. The van der Waals surface area contributed by atoms with E-state index in [1.54, 1.807) is 17.8 Å². The van der Waals surface area contributed by atoms with Crippen molar-refractivity contribution in [1.82, 2.24) is 5.32 Å². The Labute approximate surface area is 165 Å². The molecule has 2 aromatic rings. The topological polar surface area (TPSA) is 55.1 Å². The Bertz CT molecular complexity index is 751. The zero-order valence-corrected chi connectivity index (χ0v) is 16.7. The van der Waals surface area contributed by atoms with Crippen LogP contribution in [0.4, 0.5) is 0 Å². The van der Waals surface area contributed by atoms with E-state index in [1.807, 2.05) is 68.5 Å². The number of hydrogen-bond acceptors (Lipinski definition) is 3. The summed E-state index contributed by atoms with van der Waals surface area (Å²) in [7, 11) is 0. The van der Waals surface area contributed by atoms with Gasteiger partial charge in [-0.25, -0.2) is 0 Å². The molecule has 0 unspecified atom stereocenters. The molecular weight excluding hydrogens is 364 g/mol. The fourth-order valence-corrected chi connectivity index (χ4v) is 3.37. The van der Waals surface area contributed by atoms with Gasteiger partial charge in [-0.05, 0) is 68.7 Å². The lowest BCUT2D eigenvalue weighted by molar-refractivity contribution is -0.116. The zero-order chi connectivity index (χ0) is 19.0. The maximum absolute atomic E-state index is 12.0. The molecule has 138 valence electrons. The summed E-state index contributed by atoms with van der Waals surface area (Å²) < 4.78 is 0. The lowest BCUT2D eigenvalue weighted by atomic mass is 10.0. The van der Waals surface area contributed by atoms with E-state index in [9.17, 15) is 4.79 Å². The van der Waals surface area contributed by atoms with E-state index in [2.05, 4.69) is 5.32 Å². The zero-order valence-electron chi connectivity index (χ0n) is 15.2. The van der Waals surface area contributed by atoms with Crippen molar-refractivity contribution in [3.05, 3.63) is 65.2 Å². The van der Waals surface area contributed by atoms with Crippen molar-refractivity contribution >= 4 is 35.3 Å². The van der Waals surface area contributed by atoms with E-state index >= 15 is 0 Å². The Morgan fingerprint density at radius 1 is 1.19 bits per heavy atom. The van der Waals surface area contributed by atoms with E-state index in [1.165, 1.54) is 0 Å². The molecule has 0 saturated heterocycles. The van der Waals surface area contributed by atoms with Crippen LogP contribution in [0, 0.1) is 0 Å². The summed E-state index contributed by atoms with van der Waals surface area (Å²) in [4.78, 5) is 14.2. The third-order valence-electron chi connectivity index (χ3n) is 3.67. The summed E-state index contributed by atoms with van der Waals surface area (Å²) >= 11 is 7.58. The van der Waals surface area contributed by atoms with Gasteiger partial charge in [-0.1, -0.05) is 41.6 Å². The third kappa shape index (κ3) is 7.65. The number of amides is 1. The molecule has 1 amide bonds. The van der Waals surface area contributed by atoms with Crippen LogP contribution < -0.4 is 11.1 Å². The van der Waals surface area contributed by atoms with E-state index < -0.39 is 0 Å². The van der Waals surface area contributed by atoms with E-state index in [0.717, 1.165) is 33.2 Å². The highest BCUT2D eigenvalue weighted by molar-refractivity contribution is 7.99. The van der Waals surface area contributed by atoms with E-state index in [4.69, 9.17) is 17.3 Å². The van der Waals surface area contributed by atoms with Crippen molar-refractivity contribution in [2.45, 2.75) is 42.0 Å². The van der Waals surface area contributed by atoms with Gasteiger partial charge in [-0.2, -0.15) is 0 Å². The summed E-state index contributed by atoms with van der Waals surface area (Å²) in [5.74, 6) is -0.0916. The molecule has 0 atom stereocenters. The number of carbonyl (C=O) groups is 1. The van der Waals surface area contributed by atoms with Crippen LogP contribution in [0.15, 0.2) is 64.4 Å². The van der Waals surface area contributed by atoms with Crippen molar-refractivity contribution in [3.8, 4) is 0 Å². The SMILES string of the molecule is CC(C)(N)CCCNC(=O)C=Cc1ccccc1Sc1ccc(Cl)cc1. The molecule has 0 spiro atoms. The maximum Gasteiger partial charge on any atom is 0.243 e. The molecule has 26 heavy (non-hydrogen) atoms. The van der Waals surface area contributed by atoms with Gasteiger partial charge in [0.1, 0.15) is 0 Å². The molecule has 2 aromatic carbocycles. The van der Waals surface area contributed by atoms with Gasteiger partial charge in [0.2, 0.25) is 5.91 Å². The Morgan fingerprint density at radius 3 is 2.58 bits per heavy atom. The molecule has 0 heterocycles. The summed E-state index contributed by atoms with van der Waals surface area (Å²) in [6.45, 7) is 4.61. The number of nitrogens with one attached hydrogen (secondary N) is 1. The molecule has 0 aliphatic heterocycles. The van der Waals surface area contributed by atoms with Gasteiger partial charge in [0.25, 0.3) is 0 Å². The lowest BCUT2D eigenvalue weighted by Crippen LogP contribution is -2.33. The van der Waals surface area contributed by atoms with Gasteiger partial charge in [-0.15, -0.1) is 0 Å². The molecule has 0 bridgehead atoms. The van der Waals surface area contributed by atoms with Crippen LogP contribution in [0.25, 0.3) is 6.08 Å². The number of hydrogen-bond donors (Lipinski definition) is 2. The summed E-state index contributed by atoms with van der Waals surface area (Å²) in [6.07, 6.45) is 5.17. The second kappa shape index (κ2) is 9.81. The summed E-state index contributed by atoms with van der Waals surface area (Å²) in [5.41, 5.74) is 6.75. The molecule has 0 aromatic heterocycles. The maximum atomic E-state index is 12.0. The number of rotatable bonds is 8. The largest absolute Gasteiger partial charge is 0.353 e. The van der Waals surface area contributed by atoms with Gasteiger partial charge in [-0.3, -0.25) is 4.79 Å². The molecule has 0 fully saturated rings. The first-order valence-corrected chi connectivity index (χ1v) is 9.80. The minimum Gasteiger partial charge on any atom is -0.353 e. The fraction of sp³-hybridized carbons (Fsp3) is 0.286. The Kier molecular flexibility index (Phi) is 7.76. The van der Waals surface area contributed by atoms with Gasteiger partial charge in [0, 0.05) is 33.0 Å². The smallest absolute Gasteiger partial charge is 0.243 e. The molecule has 3 N–H and O–H groups in total. The van der Waals surface area contributed by atoms with Crippen molar-refractivity contribution in [2.75, 3.05) is 6.54 Å². The van der Waals surface area contributed by atoms with Crippen molar-refractivity contribution < 1.29 is 4.79 Å². The van der Waals surface area contributed by atoms with Crippen molar-refractivity contribution in [3.63, 3.8) is 0 Å². The number of halogens is 1. The van der Waals surface area contributed by atoms with Gasteiger partial charge in [0.05, 0.1) is 0 Å². The van der Waals surface area contributed by atoms with Crippen LogP contribution >= 0.6 is 23.4 Å². The Hall–Kier alpha value is -1.75. The van der Waals surface area contributed by atoms with Crippen LogP contribution in [-0.2, 0) is 4.79 Å². The Balaban J connectivity index is 1.93. The van der Waals surface area contributed by atoms with E-state index in [-0.39, 0.29) is 11.4 Å². The standard InChI is InChI=1S/C21H25ClN2OS/c1-21(2,23)14-5-15-24-20(25)13-8-16-6-3-4-7-19(16)26-18-11-9-17(22)10-12-18/h3-4,6-13H,5,14-15,23H2,1-2H3,(H,24,25). The van der Waals surface area contributed by atoms with Crippen LogP contribution in [0.1, 0.15) is 32.3 Å². The van der Waals surface area contributed by atoms with Gasteiger partial charge < -0.3 is 11.1 Å². The second-order valence-electron chi connectivity index (χ2n) is 6.81. The molecule has 2 rings (SSSR count). The monoisotopic (exact) mass is 388 g/mol. The normalized spacial score (nSPS) is 11.7. The quantitative estimate of drug-likeness (QED) is 0.486. The highest BCUT2D eigenvalue weighted by Gasteiger charge is 2.09. The summed E-state index contributed by atoms with van der Waals surface area (Å²) in [6, 6.07) is 15.7. The minimum absolute atomic E-state index is 0.0916. The molecule has 0 aliphatic carbocycles. The predicted octanol–water partition coefficient (Wildman–Crippen LogP) is 5.14. The first kappa shape index (κ1) is 20.6. The van der Waals surface area contributed by atoms with Crippen LogP contribution in [0.5, 0.6) is 0 Å². The Morgan fingerprint density at radius 2 is 1.88 bits per heavy atom. The predicted molar refractivity (Wildman–Crippen MR) is 112 cm³/mol. The second-order valence-corrected chi connectivity index (χ2v) is 8.36. The summed E-state index contributed by atoms with van der Waals surface area (Å²) in [5, 5.41) is 3.62. The first-order valence-electron chi connectivity index (χ1n) is 8.61. The van der Waals surface area contributed by atoms with Crippen molar-refractivity contribution in [2.24, 2.45) is 5.73 Å². The van der Waals surface area contributed by atoms with Gasteiger partial charge in [0.15, 0.2) is 0 Å². The number of nitrogens with two attached hydrogens (primary N) is 1. The average Bonchev–Trinajstić information content (AvgIpc) is 2.59. The molecule has 5 heteroatoms. The van der Waals surface area contributed by atoms with Crippen LogP contribution in [0.3, 0.4) is 0 Å². The number of carbonyl (C=O) groups excluding carboxylic acids is 1. The molecular formula is C21H25ClN2OS. The first-order chi connectivity index (χ1) is 12.3. The van der Waals surface area contributed by atoms with Crippen LogP contribution in [-0.4, -0.2) is 18.0 Å². The highest BCUT2D eigenvalue weighted by atomic mass is 35.5. The fourth-order valence-electron chi connectivity index (χ4n) is 2.32. The molecule has 0 radical (unpaired) electrons. The average molecular weight is 389 g/mol. The van der Waals surface area contributed by atoms with Crippen LogP contribution in [0.2, 0.25) is 5.02 Å². The lowest BCUT2D eigenvalue weighted by Gasteiger charge is -2.17. The number of benzene rings is 2.